The molecule has 1 aliphatic heterocycles. The maximum Gasteiger partial charge on any atom is 0.329 e. The van der Waals surface area contributed by atoms with Gasteiger partial charge >= 0.3 is 6.03 Å². The van der Waals surface area contributed by atoms with E-state index in [2.05, 4.69) is 11.9 Å². The van der Waals surface area contributed by atoms with Crippen LogP contribution < -0.4 is 14.8 Å². The van der Waals surface area contributed by atoms with Crippen molar-refractivity contribution in [3.05, 3.63) is 112 Å². The molecule has 0 unspecified atom stereocenters. The molecular weight excluding hydrogens is 452 g/mol. The Balaban J connectivity index is 1.58. The quantitative estimate of drug-likeness (QED) is 0.241. The van der Waals surface area contributed by atoms with Gasteiger partial charge < -0.3 is 14.8 Å². The summed E-state index contributed by atoms with van der Waals surface area (Å²) in [5.41, 5.74) is 6.04. The first kappa shape index (κ1) is 24.8. The van der Waals surface area contributed by atoms with Gasteiger partial charge in [-0.05, 0) is 55.2 Å². The van der Waals surface area contributed by atoms with Crippen molar-refractivity contribution in [3.8, 4) is 11.5 Å². The molecule has 1 fully saturated rings. The van der Waals surface area contributed by atoms with Crippen LogP contribution in [0.15, 0.2) is 79.0 Å². The minimum atomic E-state index is -0.442. The minimum Gasteiger partial charge on any atom is -0.493 e. The van der Waals surface area contributed by atoms with E-state index in [1.807, 2.05) is 68.4 Å². The molecule has 1 N–H and O–H groups in total. The summed E-state index contributed by atoms with van der Waals surface area (Å²) in [5.74, 6) is 0.800. The number of carbonyl (C=O) groups is 2. The highest BCUT2D eigenvalue weighted by molar-refractivity contribution is 6.13. The third-order valence-electron chi connectivity index (χ3n) is 5.98. The van der Waals surface area contributed by atoms with Crippen LogP contribution in [0.4, 0.5) is 4.79 Å². The standard InChI is InChI=1S/C30H30N2O4/c1-5-6-25-15-24(17-27(35-4)28(25)36-19-23-13-9-21(3)10-14-23)16-26-29(33)32(30(34)31-26)18-22-11-7-20(2)8-12-22/h5,7-17H,1,6,18-19H2,2-4H3,(H,31,34)/b26-16+. The number of rotatable bonds is 9. The number of methoxy groups -OCH3 is 1. The summed E-state index contributed by atoms with van der Waals surface area (Å²) in [6.45, 7) is 8.50. The molecule has 1 saturated heterocycles. The Morgan fingerprint density at radius 3 is 2.19 bits per heavy atom. The molecule has 6 nitrogen and oxygen atoms in total. The van der Waals surface area contributed by atoms with E-state index in [1.165, 1.54) is 10.5 Å². The Morgan fingerprint density at radius 2 is 1.58 bits per heavy atom. The van der Waals surface area contributed by atoms with Crippen molar-refractivity contribution in [1.29, 1.82) is 0 Å². The minimum absolute atomic E-state index is 0.207. The highest BCUT2D eigenvalue weighted by Crippen LogP contribution is 2.35. The van der Waals surface area contributed by atoms with Gasteiger partial charge in [-0.15, -0.1) is 6.58 Å². The first-order chi connectivity index (χ1) is 17.4. The van der Waals surface area contributed by atoms with E-state index in [0.717, 1.165) is 22.3 Å². The maximum absolute atomic E-state index is 13.0. The first-order valence-electron chi connectivity index (χ1n) is 11.8. The second kappa shape index (κ2) is 11.0. The van der Waals surface area contributed by atoms with Gasteiger partial charge in [-0.3, -0.25) is 9.69 Å². The van der Waals surface area contributed by atoms with E-state index in [0.29, 0.717) is 30.1 Å². The number of amides is 3. The molecule has 0 radical (unpaired) electrons. The smallest absolute Gasteiger partial charge is 0.329 e. The highest BCUT2D eigenvalue weighted by Gasteiger charge is 2.33. The molecule has 0 saturated carbocycles. The van der Waals surface area contributed by atoms with E-state index >= 15 is 0 Å². The van der Waals surface area contributed by atoms with Crippen molar-refractivity contribution in [2.24, 2.45) is 0 Å². The van der Waals surface area contributed by atoms with E-state index in [4.69, 9.17) is 9.47 Å². The molecule has 1 aliphatic rings. The summed E-state index contributed by atoms with van der Waals surface area (Å²) in [5, 5.41) is 2.69. The van der Waals surface area contributed by atoms with Crippen LogP contribution in [0.25, 0.3) is 6.08 Å². The van der Waals surface area contributed by atoms with Crippen LogP contribution in [0.2, 0.25) is 0 Å². The second-order valence-corrected chi connectivity index (χ2v) is 8.84. The molecule has 1 heterocycles. The molecule has 0 bridgehead atoms. The Bertz CT molecular complexity index is 1310. The van der Waals surface area contributed by atoms with Crippen molar-refractivity contribution in [2.45, 2.75) is 33.4 Å². The SMILES string of the molecule is C=CCc1cc(/C=C2/NC(=O)N(Cc3ccc(C)cc3)C2=O)cc(OC)c1OCc1ccc(C)cc1. The predicted octanol–water partition coefficient (Wildman–Crippen LogP) is 5.71. The summed E-state index contributed by atoms with van der Waals surface area (Å²) in [7, 11) is 1.58. The fourth-order valence-electron chi connectivity index (χ4n) is 3.99. The molecule has 3 amide bonds. The second-order valence-electron chi connectivity index (χ2n) is 8.84. The van der Waals surface area contributed by atoms with Gasteiger partial charge in [-0.2, -0.15) is 0 Å². The number of imide groups is 1. The fourth-order valence-corrected chi connectivity index (χ4v) is 3.99. The van der Waals surface area contributed by atoms with Gasteiger partial charge in [0, 0.05) is 5.56 Å². The summed E-state index contributed by atoms with van der Waals surface area (Å²) in [6.07, 6.45) is 4.00. The molecule has 4 rings (SSSR count). The predicted molar refractivity (Wildman–Crippen MR) is 141 cm³/mol. The van der Waals surface area contributed by atoms with Crippen LogP contribution in [-0.2, 0) is 24.4 Å². The zero-order chi connectivity index (χ0) is 25.7. The third-order valence-corrected chi connectivity index (χ3v) is 5.98. The summed E-state index contributed by atoms with van der Waals surface area (Å²) in [4.78, 5) is 26.8. The van der Waals surface area contributed by atoms with E-state index in [9.17, 15) is 9.59 Å². The maximum atomic E-state index is 13.0. The normalized spacial score (nSPS) is 14.2. The zero-order valence-electron chi connectivity index (χ0n) is 20.8. The Hall–Kier alpha value is -4.32. The lowest BCUT2D eigenvalue weighted by Crippen LogP contribution is -2.30. The van der Waals surface area contributed by atoms with Crippen molar-refractivity contribution < 1.29 is 19.1 Å². The number of allylic oxidation sites excluding steroid dienone is 1. The van der Waals surface area contributed by atoms with Crippen molar-refractivity contribution in [1.82, 2.24) is 10.2 Å². The Morgan fingerprint density at radius 1 is 0.944 bits per heavy atom. The van der Waals surface area contributed by atoms with Crippen LogP contribution in [0.5, 0.6) is 11.5 Å². The van der Waals surface area contributed by atoms with Gasteiger partial charge in [0.25, 0.3) is 5.91 Å². The summed E-state index contributed by atoms with van der Waals surface area (Å²) >= 11 is 0. The van der Waals surface area contributed by atoms with E-state index in [-0.39, 0.29) is 18.1 Å². The van der Waals surface area contributed by atoms with Gasteiger partial charge in [-0.25, -0.2) is 4.79 Å². The number of hydrogen-bond acceptors (Lipinski definition) is 4. The van der Waals surface area contributed by atoms with Crippen molar-refractivity contribution >= 4 is 18.0 Å². The Labute approximate surface area is 211 Å². The molecule has 0 aromatic heterocycles. The lowest BCUT2D eigenvalue weighted by atomic mass is 10.0. The number of carbonyl (C=O) groups excluding carboxylic acids is 2. The lowest BCUT2D eigenvalue weighted by molar-refractivity contribution is -0.123. The number of hydrogen-bond donors (Lipinski definition) is 1. The van der Waals surface area contributed by atoms with Crippen LogP contribution in [-0.4, -0.2) is 23.9 Å². The van der Waals surface area contributed by atoms with E-state index < -0.39 is 6.03 Å². The Kier molecular flexibility index (Phi) is 7.54. The third kappa shape index (κ3) is 5.66. The first-order valence-corrected chi connectivity index (χ1v) is 11.8. The van der Waals surface area contributed by atoms with Gasteiger partial charge in [0.05, 0.1) is 13.7 Å². The fraction of sp³-hybridized carbons (Fsp3) is 0.200. The molecular formula is C30H30N2O4. The molecule has 36 heavy (non-hydrogen) atoms. The lowest BCUT2D eigenvalue weighted by Gasteiger charge is -2.16. The van der Waals surface area contributed by atoms with Crippen LogP contribution in [0.1, 0.15) is 33.4 Å². The molecule has 0 atom stereocenters. The van der Waals surface area contributed by atoms with Gasteiger partial charge in [0.1, 0.15) is 12.3 Å². The molecule has 0 spiro atoms. The molecule has 6 heteroatoms. The number of nitrogens with zero attached hydrogens (tertiary/aromatic N) is 1. The highest BCUT2D eigenvalue weighted by atomic mass is 16.5. The van der Waals surface area contributed by atoms with Gasteiger partial charge in [-0.1, -0.05) is 65.7 Å². The number of benzene rings is 3. The molecule has 0 aliphatic carbocycles. The van der Waals surface area contributed by atoms with Gasteiger partial charge in [0.2, 0.25) is 0 Å². The van der Waals surface area contributed by atoms with Crippen molar-refractivity contribution in [2.75, 3.05) is 7.11 Å². The van der Waals surface area contributed by atoms with Gasteiger partial charge in [0.15, 0.2) is 11.5 Å². The average Bonchev–Trinajstić information content (AvgIpc) is 3.12. The number of aryl methyl sites for hydroxylation is 2. The topological polar surface area (TPSA) is 67.9 Å². The number of nitrogens with one attached hydrogen (secondary N) is 1. The molecule has 3 aromatic carbocycles. The zero-order valence-corrected chi connectivity index (χ0v) is 20.8. The number of ether oxygens (including phenoxy) is 2. The monoisotopic (exact) mass is 482 g/mol. The van der Waals surface area contributed by atoms with Crippen LogP contribution in [0.3, 0.4) is 0 Å². The van der Waals surface area contributed by atoms with Crippen LogP contribution in [0, 0.1) is 13.8 Å². The number of urea groups is 1. The molecule has 3 aromatic rings. The molecule has 184 valence electrons. The van der Waals surface area contributed by atoms with E-state index in [1.54, 1.807) is 25.3 Å². The summed E-state index contributed by atoms with van der Waals surface area (Å²) in [6, 6.07) is 19.2. The average molecular weight is 483 g/mol. The van der Waals surface area contributed by atoms with Crippen LogP contribution >= 0.6 is 0 Å². The largest absolute Gasteiger partial charge is 0.493 e. The van der Waals surface area contributed by atoms with Crippen molar-refractivity contribution in [3.63, 3.8) is 0 Å². The summed E-state index contributed by atoms with van der Waals surface area (Å²) < 4.78 is 11.8.